The quantitative estimate of drug-likeness (QED) is 0.854. The minimum Gasteiger partial charge on any atom is -0.444 e. The normalized spacial score (nSPS) is 13.2. The SMILES string of the molecule is CC(C)(C)OC(=O)N[C@H](CN)c1ccsc1. The van der Waals surface area contributed by atoms with Crippen molar-refractivity contribution in [2.75, 3.05) is 6.54 Å². The van der Waals surface area contributed by atoms with Crippen LogP contribution >= 0.6 is 11.3 Å². The first-order valence-corrected chi connectivity index (χ1v) is 6.08. The highest BCUT2D eigenvalue weighted by molar-refractivity contribution is 7.07. The van der Waals surface area contributed by atoms with Gasteiger partial charge in [0.25, 0.3) is 0 Å². The zero-order chi connectivity index (χ0) is 12.2. The molecule has 0 saturated carbocycles. The summed E-state index contributed by atoms with van der Waals surface area (Å²) in [6, 6.07) is 1.76. The number of carbonyl (C=O) groups is 1. The smallest absolute Gasteiger partial charge is 0.408 e. The third-order valence-corrected chi connectivity index (χ3v) is 2.57. The Morgan fingerprint density at radius 3 is 2.75 bits per heavy atom. The Hall–Kier alpha value is -1.07. The predicted octanol–water partition coefficient (Wildman–Crippen LogP) is 2.27. The van der Waals surface area contributed by atoms with Crippen molar-refractivity contribution < 1.29 is 9.53 Å². The maximum Gasteiger partial charge on any atom is 0.408 e. The lowest BCUT2D eigenvalue weighted by atomic mass is 10.1. The van der Waals surface area contributed by atoms with E-state index in [1.54, 1.807) is 11.3 Å². The summed E-state index contributed by atoms with van der Waals surface area (Å²) in [4.78, 5) is 11.5. The molecular weight excluding hydrogens is 224 g/mol. The fraction of sp³-hybridized carbons (Fsp3) is 0.545. The van der Waals surface area contributed by atoms with E-state index in [4.69, 9.17) is 10.5 Å². The molecule has 1 rings (SSSR count). The van der Waals surface area contributed by atoms with Gasteiger partial charge in [-0.15, -0.1) is 0 Å². The van der Waals surface area contributed by atoms with Crippen molar-refractivity contribution in [2.24, 2.45) is 5.73 Å². The fourth-order valence-electron chi connectivity index (χ4n) is 1.20. The highest BCUT2D eigenvalue weighted by Crippen LogP contribution is 2.16. The van der Waals surface area contributed by atoms with E-state index in [0.29, 0.717) is 6.54 Å². The molecule has 1 heterocycles. The molecule has 0 aromatic carbocycles. The molecule has 16 heavy (non-hydrogen) atoms. The van der Waals surface area contributed by atoms with Gasteiger partial charge in [0.15, 0.2) is 0 Å². The summed E-state index contributed by atoms with van der Waals surface area (Å²) < 4.78 is 5.17. The Morgan fingerprint density at radius 2 is 2.31 bits per heavy atom. The van der Waals surface area contributed by atoms with Gasteiger partial charge in [-0.25, -0.2) is 4.79 Å². The Labute approximate surface area is 99.8 Å². The van der Waals surface area contributed by atoms with E-state index in [9.17, 15) is 4.79 Å². The Balaban J connectivity index is 2.55. The summed E-state index contributed by atoms with van der Waals surface area (Å²) in [6.45, 7) is 5.84. The zero-order valence-corrected chi connectivity index (χ0v) is 10.6. The fourth-order valence-corrected chi connectivity index (χ4v) is 1.92. The molecule has 0 radical (unpaired) electrons. The predicted molar refractivity (Wildman–Crippen MR) is 65.5 cm³/mol. The molecule has 0 aliphatic heterocycles. The average Bonchev–Trinajstić information content (AvgIpc) is 2.63. The summed E-state index contributed by atoms with van der Waals surface area (Å²) in [7, 11) is 0. The van der Waals surface area contributed by atoms with E-state index in [-0.39, 0.29) is 6.04 Å². The molecule has 0 aliphatic rings. The largest absolute Gasteiger partial charge is 0.444 e. The number of rotatable bonds is 3. The number of ether oxygens (including phenoxy) is 1. The maximum absolute atomic E-state index is 11.5. The first-order valence-electron chi connectivity index (χ1n) is 5.14. The van der Waals surface area contributed by atoms with Gasteiger partial charge in [0.1, 0.15) is 5.60 Å². The van der Waals surface area contributed by atoms with Crippen molar-refractivity contribution in [1.82, 2.24) is 5.32 Å². The van der Waals surface area contributed by atoms with E-state index in [1.807, 2.05) is 37.6 Å². The Bertz CT molecular complexity index is 330. The molecule has 1 amide bonds. The Morgan fingerprint density at radius 1 is 1.62 bits per heavy atom. The van der Waals surface area contributed by atoms with Crippen LogP contribution in [0.1, 0.15) is 32.4 Å². The molecule has 5 heteroatoms. The molecule has 4 nitrogen and oxygen atoms in total. The highest BCUT2D eigenvalue weighted by atomic mass is 32.1. The van der Waals surface area contributed by atoms with Crippen LogP contribution < -0.4 is 11.1 Å². The van der Waals surface area contributed by atoms with Crippen LogP contribution in [0.25, 0.3) is 0 Å². The van der Waals surface area contributed by atoms with Crippen molar-refractivity contribution in [3.63, 3.8) is 0 Å². The van der Waals surface area contributed by atoms with Crippen molar-refractivity contribution in [3.8, 4) is 0 Å². The van der Waals surface area contributed by atoms with Gasteiger partial charge in [0.2, 0.25) is 0 Å². The third-order valence-electron chi connectivity index (χ3n) is 1.87. The first kappa shape index (κ1) is 13.0. The molecule has 0 unspecified atom stereocenters. The highest BCUT2D eigenvalue weighted by Gasteiger charge is 2.19. The standard InChI is InChI=1S/C11H18N2O2S/c1-11(2,3)15-10(14)13-9(6-12)8-4-5-16-7-8/h4-5,7,9H,6,12H2,1-3H3,(H,13,14)/t9-/m1/s1. The van der Waals surface area contributed by atoms with Crippen molar-refractivity contribution >= 4 is 17.4 Å². The molecule has 1 aromatic heterocycles. The van der Waals surface area contributed by atoms with Gasteiger partial charge in [0, 0.05) is 6.54 Å². The average molecular weight is 242 g/mol. The number of amides is 1. The summed E-state index contributed by atoms with van der Waals surface area (Å²) in [6.07, 6.45) is -0.436. The van der Waals surface area contributed by atoms with Crippen LogP contribution in [0.5, 0.6) is 0 Å². The van der Waals surface area contributed by atoms with Gasteiger partial charge in [0.05, 0.1) is 6.04 Å². The summed E-state index contributed by atoms with van der Waals surface area (Å²) >= 11 is 1.58. The van der Waals surface area contributed by atoms with E-state index in [1.165, 1.54) is 0 Å². The molecule has 0 saturated heterocycles. The van der Waals surface area contributed by atoms with Crippen LogP contribution in [0.15, 0.2) is 16.8 Å². The van der Waals surface area contributed by atoms with Crippen LogP contribution in [-0.2, 0) is 4.74 Å². The minimum atomic E-state index is -0.488. The second-order valence-electron chi connectivity index (χ2n) is 4.49. The number of hydrogen-bond donors (Lipinski definition) is 2. The second-order valence-corrected chi connectivity index (χ2v) is 5.27. The number of hydrogen-bond acceptors (Lipinski definition) is 4. The number of nitrogens with one attached hydrogen (secondary N) is 1. The van der Waals surface area contributed by atoms with E-state index in [0.717, 1.165) is 5.56 Å². The molecule has 3 N–H and O–H groups in total. The van der Waals surface area contributed by atoms with Crippen LogP contribution in [0.2, 0.25) is 0 Å². The van der Waals surface area contributed by atoms with E-state index >= 15 is 0 Å². The van der Waals surface area contributed by atoms with E-state index < -0.39 is 11.7 Å². The number of carbonyl (C=O) groups excluding carboxylic acids is 1. The van der Waals surface area contributed by atoms with Crippen LogP contribution in [0.3, 0.4) is 0 Å². The summed E-state index contributed by atoms with van der Waals surface area (Å²) in [5.41, 5.74) is 6.13. The lowest BCUT2D eigenvalue weighted by Crippen LogP contribution is -2.37. The third kappa shape index (κ3) is 4.20. The van der Waals surface area contributed by atoms with Gasteiger partial charge in [-0.05, 0) is 43.2 Å². The maximum atomic E-state index is 11.5. The van der Waals surface area contributed by atoms with Crippen LogP contribution in [0, 0.1) is 0 Å². The Kier molecular flexibility index (Phi) is 4.32. The molecule has 1 aromatic rings. The monoisotopic (exact) mass is 242 g/mol. The van der Waals surface area contributed by atoms with Gasteiger partial charge in [-0.3, -0.25) is 0 Å². The van der Waals surface area contributed by atoms with Gasteiger partial charge < -0.3 is 15.8 Å². The number of thiophene rings is 1. The molecule has 90 valence electrons. The number of alkyl carbamates (subject to hydrolysis) is 1. The van der Waals surface area contributed by atoms with Crippen molar-refractivity contribution in [3.05, 3.63) is 22.4 Å². The van der Waals surface area contributed by atoms with Crippen molar-refractivity contribution in [2.45, 2.75) is 32.4 Å². The lowest BCUT2D eigenvalue weighted by Gasteiger charge is -2.22. The lowest BCUT2D eigenvalue weighted by molar-refractivity contribution is 0.0505. The molecule has 0 spiro atoms. The summed E-state index contributed by atoms with van der Waals surface area (Å²) in [5, 5.41) is 6.67. The van der Waals surface area contributed by atoms with Crippen LogP contribution in [-0.4, -0.2) is 18.2 Å². The van der Waals surface area contributed by atoms with Gasteiger partial charge in [-0.1, -0.05) is 0 Å². The second kappa shape index (κ2) is 5.32. The molecule has 0 aliphatic carbocycles. The molecular formula is C11H18N2O2S. The summed E-state index contributed by atoms with van der Waals surface area (Å²) in [5.74, 6) is 0. The van der Waals surface area contributed by atoms with Gasteiger partial charge >= 0.3 is 6.09 Å². The first-order chi connectivity index (χ1) is 7.42. The van der Waals surface area contributed by atoms with E-state index in [2.05, 4.69) is 5.32 Å². The molecule has 0 fully saturated rings. The zero-order valence-electron chi connectivity index (χ0n) is 9.82. The molecule has 0 bridgehead atoms. The minimum absolute atomic E-state index is 0.180. The van der Waals surface area contributed by atoms with Crippen molar-refractivity contribution in [1.29, 1.82) is 0 Å². The van der Waals surface area contributed by atoms with Crippen LogP contribution in [0.4, 0.5) is 4.79 Å². The van der Waals surface area contributed by atoms with Gasteiger partial charge in [-0.2, -0.15) is 11.3 Å². The molecule has 1 atom stereocenters. The topological polar surface area (TPSA) is 64.3 Å². The number of nitrogens with two attached hydrogens (primary N) is 1.